The molecule has 30 heavy (non-hydrogen) atoms. The van der Waals surface area contributed by atoms with E-state index in [0.29, 0.717) is 43.5 Å². The van der Waals surface area contributed by atoms with Crippen molar-refractivity contribution in [1.29, 1.82) is 0 Å². The molecule has 1 aliphatic carbocycles. The van der Waals surface area contributed by atoms with Gasteiger partial charge in [-0.2, -0.15) is 0 Å². The largest absolute Gasteiger partial charge is 0.358 e. The first-order valence-electron chi connectivity index (χ1n) is 10.7. The van der Waals surface area contributed by atoms with E-state index in [0.717, 1.165) is 12.8 Å². The zero-order valence-electron chi connectivity index (χ0n) is 17.4. The van der Waals surface area contributed by atoms with E-state index in [9.17, 15) is 14.0 Å². The summed E-state index contributed by atoms with van der Waals surface area (Å²) >= 11 is 0. The molecule has 0 bridgehead atoms. The number of carbonyl (C=O) groups excluding carboxylic acids is 2. The number of hydrogen-bond donors (Lipinski definition) is 1. The second kappa shape index (κ2) is 8.17. The van der Waals surface area contributed by atoms with Crippen molar-refractivity contribution in [2.24, 2.45) is 0 Å². The number of amides is 2. The molecule has 1 N–H and O–H groups in total. The summed E-state index contributed by atoms with van der Waals surface area (Å²) < 4.78 is 14.8. The number of aromatic nitrogens is 1. The topological polar surface area (TPSA) is 62.3 Å². The van der Waals surface area contributed by atoms with Gasteiger partial charge < -0.3 is 10.2 Å². The Labute approximate surface area is 176 Å². The third-order valence-corrected chi connectivity index (χ3v) is 6.85. The monoisotopic (exact) mass is 409 g/mol. The van der Waals surface area contributed by atoms with E-state index in [1.807, 2.05) is 18.2 Å². The third-order valence-electron chi connectivity index (χ3n) is 6.85. The summed E-state index contributed by atoms with van der Waals surface area (Å²) in [4.78, 5) is 33.2. The van der Waals surface area contributed by atoms with Gasteiger partial charge in [0.25, 0.3) is 0 Å². The zero-order chi connectivity index (χ0) is 21.2. The molecule has 0 spiro atoms. The van der Waals surface area contributed by atoms with Crippen LogP contribution in [-0.4, -0.2) is 41.8 Å². The van der Waals surface area contributed by atoms with E-state index >= 15 is 0 Å². The number of pyridine rings is 1. The Kier molecular flexibility index (Phi) is 5.58. The summed E-state index contributed by atoms with van der Waals surface area (Å²) in [7, 11) is 1.62. The van der Waals surface area contributed by atoms with Crippen LogP contribution in [-0.2, 0) is 20.4 Å². The van der Waals surface area contributed by atoms with E-state index < -0.39 is 10.8 Å². The Balaban J connectivity index is 1.72. The molecule has 2 fully saturated rings. The number of nitrogens with one attached hydrogen (secondary N) is 1. The summed E-state index contributed by atoms with van der Waals surface area (Å²) in [6.07, 6.45) is 6.07. The van der Waals surface area contributed by atoms with E-state index in [2.05, 4.69) is 10.3 Å². The minimum absolute atomic E-state index is 0.0611. The minimum Gasteiger partial charge on any atom is -0.358 e. The van der Waals surface area contributed by atoms with E-state index in [1.165, 1.54) is 6.07 Å². The summed E-state index contributed by atoms with van der Waals surface area (Å²) in [5.41, 5.74) is -0.574. The molecule has 2 heterocycles. The summed E-state index contributed by atoms with van der Waals surface area (Å²) in [5, 5.41) is 2.78. The lowest BCUT2D eigenvalue weighted by Gasteiger charge is -2.44. The highest BCUT2D eigenvalue weighted by atomic mass is 19.1. The standard InChI is InChI=1S/C24H28FN3O2/c1-26-21(29)24(20-11-4-7-15-27-20)14-8-16-28(17-24)22(30)23(12-5-6-13-23)18-9-2-3-10-19(18)25/h2-4,7,9-11,15H,5-6,8,12-14,16-17H2,1H3,(H,26,29). The number of hydrogen-bond acceptors (Lipinski definition) is 3. The molecule has 158 valence electrons. The Bertz CT molecular complexity index is 927. The molecule has 0 radical (unpaired) electrons. The van der Waals surface area contributed by atoms with Crippen LogP contribution in [0.2, 0.25) is 0 Å². The molecule has 1 saturated heterocycles. The van der Waals surface area contributed by atoms with Crippen LogP contribution in [0.25, 0.3) is 0 Å². The first-order valence-corrected chi connectivity index (χ1v) is 10.7. The number of halogens is 1. The molecule has 6 heteroatoms. The maximum absolute atomic E-state index is 14.8. The highest BCUT2D eigenvalue weighted by molar-refractivity contribution is 5.92. The molecular weight excluding hydrogens is 381 g/mol. The van der Waals surface area contributed by atoms with Crippen molar-refractivity contribution in [2.45, 2.75) is 49.4 Å². The van der Waals surface area contributed by atoms with Gasteiger partial charge in [0.1, 0.15) is 11.2 Å². The van der Waals surface area contributed by atoms with Gasteiger partial charge in [-0.25, -0.2) is 4.39 Å². The number of likely N-dealkylation sites (tertiary alicyclic amines) is 1. The van der Waals surface area contributed by atoms with Gasteiger partial charge in [0.05, 0.1) is 11.1 Å². The van der Waals surface area contributed by atoms with Crippen LogP contribution in [0.5, 0.6) is 0 Å². The normalized spacial score (nSPS) is 23.2. The lowest BCUT2D eigenvalue weighted by molar-refractivity contribution is -0.142. The fourth-order valence-electron chi connectivity index (χ4n) is 5.35. The van der Waals surface area contributed by atoms with Gasteiger partial charge in [0.2, 0.25) is 11.8 Å². The molecule has 1 saturated carbocycles. The Hall–Kier alpha value is -2.76. The first kappa shape index (κ1) is 20.5. The summed E-state index contributed by atoms with van der Waals surface area (Å²) in [5.74, 6) is -0.522. The quantitative estimate of drug-likeness (QED) is 0.843. The van der Waals surface area contributed by atoms with Crippen molar-refractivity contribution >= 4 is 11.8 Å². The number of carbonyl (C=O) groups is 2. The second-order valence-corrected chi connectivity index (χ2v) is 8.48. The predicted octanol–water partition coefficient (Wildman–Crippen LogP) is 3.34. The Morgan fingerprint density at radius 3 is 2.37 bits per heavy atom. The van der Waals surface area contributed by atoms with Gasteiger partial charge >= 0.3 is 0 Å². The van der Waals surface area contributed by atoms with Gasteiger partial charge in [-0.15, -0.1) is 0 Å². The molecule has 1 aromatic carbocycles. The number of likely N-dealkylation sites (N-methyl/N-ethyl adjacent to an activating group) is 1. The third kappa shape index (κ3) is 3.28. The molecule has 5 nitrogen and oxygen atoms in total. The van der Waals surface area contributed by atoms with Crippen LogP contribution >= 0.6 is 0 Å². The number of benzene rings is 1. The lowest BCUT2D eigenvalue weighted by Crippen LogP contribution is -2.58. The Morgan fingerprint density at radius 1 is 1.00 bits per heavy atom. The van der Waals surface area contributed by atoms with Gasteiger partial charge in [-0.3, -0.25) is 14.6 Å². The zero-order valence-corrected chi connectivity index (χ0v) is 17.4. The van der Waals surface area contributed by atoms with Gasteiger partial charge in [-0.1, -0.05) is 37.1 Å². The molecule has 1 atom stereocenters. The average molecular weight is 410 g/mol. The van der Waals surface area contributed by atoms with Crippen molar-refractivity contribution < 1.29 is 14.0 Å². The predicted molar refractivity (Wildman–Crippen MR) is 112 cm³/mol. The van der Waals surface area contributed by atoms with Crippen LogP contribution < -0.4 is 5.32 Å². The maximum atomic E-state index is 14.8. The summed E-state index contributed by atoms with van der Waals surface area (Å²) in [6.45, 7) is 0.833. The van der Waals surface area contributed by atoms with Crippen LogP contribution in [0.15, 0.2) is 48.7 Å². The van der Waals surface area contributed by atoms with Crippen molar-refractivity contribution in [3.05, 3.63) is 65.7 Å². The molecule has 1 unspecified atom stereocenters. The van der Waals surface area contributed by atoms with E-state index in [-0.39, 0.29) is 24.2 Å². The van der Waals surface area contributed by atoms with Gasteiger partial charge in [-0.05, 0) is 43.9 Å². The van der Waals surface area contributed by atoms with E-state index in [4.69, 9.17) is 0 Å². The Morgan fingerprint density at radius 2 is 1.70 bits per heavy atom. The van der Waals surface area contributed by atoms with Crippen molar-refractivity contribution in [3.8, 4) is 0 Å². The molecule has 4 rings (SSSR count). The van der Waals surface area contributed by atoms with Gasteiger partial charge in [0.15, 0.2) is 0 Å². The summed E-state index contributed by atoms with van der Waals surface area (Å²) in [6, 6.07) is 12.2. The second-order valence-electron chi connectivity index (χ2n) is 8.48. The lowest BCUT2D eigenvalue weighted by atomic mass is 9.73. The van der Waals surface area contributed by atoms with Crippen molar-refractivity contribution in [2.75, 3.05) is 20.1 Å². The fraction of sp³-hybridized carbons (Fsp3) is 0.458. The number of piperidine rings is 1. The molecule has 1 aliphatic heterocycles. The van der Waals surface area contributed by atoms with Crippen molar-refractivity contribution in [1.82, 2.24) is 15.2 Å². The highest BCUT2D eigenvalue weighted by Crippen LogP contribution is 2.45. The molecular formula is C24H28FN3O2. The first-order chi connectivity index (χ1) is 14.5. The van der Waals surface area contributed by atoms with Gasteiger partial charge in [0, 0.05) is 31.9 Å². The van der Waals surface area contributed by atoms with Crippen LogP contribution in [0, 0.1) is 5.82 Å². The SMILES string of the molecule is CNC(=O)C1(c2ccccn2)CCCN(C(=O)C2(c3ccccc3F)CCCC2)C1. The number of nitrogens with zero attached hydrogens (tertiary/aromatic N) is 2. The van der Waals surface area contributed by atoms with Crippen LogP contribution in [0.1, 0.15) is 49.8 Å². The maximum Gasteiger partial charge on any atom is 0.233 e. The molecule has 1 aromatic heterocycles. The highest BCUT2D eigenvalue weighted by Gasteiger charge is 2.51. The smallest absolute Gasteiger partial charge is 0.233 e. The van der Waals surface area contributed by atoms with E-state index in [1.54, 1.807) is 36.3 Å². The average Bonchev–Trinajstić information content (AvgIpc) is 3.29. The van der Waals surface area contributed by atoms with Crippen LogP contribution in [0.4, 0.5) is 4.39 Å². The molecule has 2 aromatic rings. The fourth-order valence-corrected chi connectivity index (χ4v) is 5.35. The number of rotatable bonds is 4. The minimum atomic E-state index is -0.890. The van der Waals surface area contributed by atoms with Crippen LogP contribution in [0.3, 0.4) is 0 Å². The molecule has 2 aliphatic rings. The van der Waals surface area contributed by atoms with Crippen molar-refractivity contribution in [3.63, 3.8) is 0 Å². The molecule has 2 amide bonds.